The standard InChI is InChI=1S/C19H28O2Si/c1-13(2)22(14(3)4,15(5)6)12-11-17-10-8-9-16(7)18(17)19(20)21/h8-10,13-15H,1-7H3,(H,20,21). The Hall–Kier alpha value is -1.53. The minimum atomic E-state index is -1.84. The third-order valence-corrected chi connectivity index (χ3v) is 11.1. The number of carboxylic acid groups (broad SMARTS) is 1. The third-order valence-electron chi connectivity index (χ3n) is 4.77. The normalized spacial score (nSPS) is 11.7. The summed E-state index contributed by atoms with van der Waals surface area (Å²) in [7, 11) is -1.84. The van der Waals surface area contributed by atoms with Crippen molar-refractivity contribution in [3.63, 3.8) is 0 Å². The molecule has 120 valence electrons. The van der Waals surface area contributed by atoms with Crippen molar-refractivity contribution >= 4 is 14.0 Å². The summed E-state index contributed by atoms with van der Waals surface area (Å²) in [6.45, 7) is 15.4. The van der Waals surface area contributed by atoms with Crippen LogP contribution in [0, 0.1) is 18.4 Å². The first-order valence-electron chi connectivity index (χ1n) is 8.00. The second kappa shape index (κ2) is 7.15. The highest BCUT2D eigenvalue weighted by molar-refractivity contribution is 6.90. The molecule has 0 fully saturated rings. The van der Waals surface area contributed by atoms with Gasteiger partial charge in [-0.1, -0.05) is 59.6 Å². The van der Waals surface area contributed by atoms with Gasteiger partial charge < -0.3 is 5.11 Å². The van der Waals surface area contributed by atoms with E-state index >= 15 is 0 Å². The highest BCUT2D eigenvalue weighted by atomic mass is 28.3. The first-order valence-corrected chi connectivity index (χ1v) is 10.2. The fourth-order valence-corrected chi connectivity index (χ4v) is 8.88. The average molecular weight is 317 g/mol. The van der Waals surface area contributed by atoms with Crippen molar-refractivity contribution in [3.05, 3.63) is 34.9 Å². The molecule has 0 atom stereocenters. The molecule has 0 aromatic heterocycles. The number of aromatic carboxylic acids is 1. The van der Waals surface area contributed by atoms with Gasteiger partial charge in [-0.3, -0.25) is 0 Å². The molecule has 0 aliphatic carbocycles. The lowest BCUT2D eigenvalue weighted by molar-refractivity contribution is 0.0696. The van der Waals surface area contributed by atoms with Gasteiger partial charge in [0.05, 0.1) is 5.56 Å². The Morgan fingerprint density at radius 3 is 1.95 bits per heavy atom. The molecule has 0 saturated heterocycles. The van der Waals surface area contributed by atoms with Crippen LogP contribution in [0.5, 0.6) is 0 Å². The van der Waals surface area contributed by atoms with Crippen molar-refractivity contribution in [2.75, 3.05) is 0 Å². The summed E-state index contributed by atoms with van der Waals surface area (Å²) in [5, 5.41) is 9.45. The zero-order chi connectivity index (χ0) is 17.1. The number of carboxylic acids is 1. The van der Waals surface area contributed by atoms with Crippen LogP contribution in [0.4, 0.5) is 0 Å². The van der Waals surface area contributed by atoms with Crippen LogP contribution in [0.1, 0.15) is 63.0 Å². The van der Waals surface area contributed by atoms with Gasteiger partial charge in [0.25, 0.3) is 0 Å². The van der Waals surface area contributed by atoms with Crippen molar-refractivity contribution < 1.29 is 9.90 Å². The molecule has 0 aliphatic rings. The quantitative estimate of drug-likeness (QED) is 0.607. The number of rotatable bonds is 4. The van der Waals surface area contributed by atoms with Crippen LogP contribution < -0.4 is 0 Å². The van der Waals surface area contributed by atoms with Gasteiger partial charge in [-0.2, -0.15) is 0 Å². The average Bonchev–Trinajstić information content (AvgIpc) is 2.37. The van der Waals surface area contributed by atoms with Crippen LogP contribution in [0.3, 0.4) is 0 Å². The Bertz CT molecular complexity index is 582. The van der Waals surface area contributed by atoms with Gasteiger partial charge >= 0.3 is 5.97 Å². The third kappa shape index (κ3) is 3.44. The van der Waals surface area contributed by atoms with Gasteiger partial charge in [-0.25, -0.2) is 4.79 Å². The van der Waals surface area contributed by atoms with E-state index in [0.29, 0.717) is 27.8 Å². The molecular formula is C19H28O2Si. The summed E-state index contributed by atoms with van der Waals surface area (Å²) in [6.07, 6.45) is 0. The molecule has 1 rings (SSSR count). The molecule has 2 nitrogen and oxygen atoms in total. The lowest BCUT2D eigenvalue weighted by Gasteiger charge is -2.38. The van der Waals surface area contributed by atoms with E-state index < -0.39 is 14.0 Å². The van der Waals surface area contributed by atoms with Crippen LogP contribution in [0.2, 0.25) is 16.6 Å². The predicted molar refractivity (Wildman–Crippen MR) is 96.1 cm³/mol. The fourth-order valence-electron chi connectivity index (χ4n) is 3.66. The lowest BCUT2D eigenvalue weighted by atomic mass is 10.0. The van der Waals surface area contributed by atoms with E-state index in [1.807, 2.05) is 25.1 Å². The van der Waals surface area contributed by atoms with Crippen molar-refractivity contribution in [1.29, 1.82) is 0 Å². The summed E-state index contributed by atoms with van der Waals surface area (Å²) < 4.78 is 0. The maximum Gasteiger partial charge on any atom is 0.337 e. The minimum Gasteiger partial charge on any atom is -0.478 e. The minimum absolute atomic E-state index is 0.342. The Kier molecular flexibility index (Phi) is 6.02. The summed E-state index contributed by atoms with van der Waals surface area (Å²) in [5.74, 6) is 2.36. The molecule has 1 aromatic carbocycles. The molecule has 0 spiro atoms. The Labute approximate surface area is 136 Å². The van der Waals surface area contributed by atoms with Gasteiger partial charge in [-0.05, 0) is 35.2 Å². The van der Waals surface area contributed by atoms with Crippen molar-refractivity contribution in [2.45, 2.75) is 65.1 Å². The van der Waals surface area contributed by atoms with Crippen molar-refractivity contribution in [1.82, 2.24) is 0 Å². The Balaban J connectivity index is 3.49. The van der Waals surface area contributed by atoms with Gasteiger partial charge in [0.2, 0.25) is 0 Å². The van der Waals surface area contributed by atoms with Gasteiger partial charge in [0.1, 0.15) is 8.07 Å². The summed E-state index contributed by atoms with van der Waals surface area (Å²) in [5.41, 5.74) is 6.97. The molecule has 1 N–H and O–H groups in total. The van der Waals surface area contributed by atoms with Crippen LogP contribution in [-0.2, 0) is 0 Å². The molecular weight excluding hydrogens is 288 g/mol. The molecule has 0 amide bonds. The monoisotopic (exact) mass is 316 g/mol. The number of hydrogen-bond acceptors (Lipinski definition) is 1. The van der Waals surface area contributed by atoms with Crippen LogP contribution >= 0.6 is 0 Å². The van der Waals surface area contributed by atoms with Gasteiger partial charge in [0, 0.05) is 5.56 Å². The zero-order valence-electron chi connectivity index (χ0n) is 14.8. The highest BCUT2D eigenvalue weighted by Crippen LogP contribution is 2.40. The molecule has 0 bridgehead atoms. The molecule has 0 saturated carbocycles. The largest absolute Gasteiger partial charge is 0.478 e. The Morgan fingerprint density at radius 2 is 1.55 bits per heavy atom. The first-order chi connectivity index (χ1) is 10.1. The topological polar surface area (TPSA) is 37.3 Å². The van der Waals surface area contributed by atoms with Crippen LogP contribution in [0.25, 0.3) is 0 Å². The lowest BCUT2D eigenvalue weighted by Crippen LogP contribution is -2.43. The molecule has 1 aromatic rings. The van der Waals surface area contributed by atoms with Crippen LogP contribution in [0.15, 0.2) is 18.2 Å². The fraction of sp³-hybridized carbons (Fsp3) is 0.526. The number of aryl methyl sites for hydroxylation is 1. The molecule has 22 heavy (non-hydrogen) atoms. The van der Waals surface area contributed by atoms with E-state index in [2.05, 4.69) is 53.0 Å². The second-order valence-corrected chi connectivity index (χ2v) is 12.5. The smallest absolute Gasteiger partial charge is 0.337 e. The van der Waals surface area contributed by atoms with Crippen molar-refractivity contribution in [3.8, 4) is 11.5 Å². The number of benzene rings is 1. The molecule has 0 unspecified atom stereocenters. The second-order valence-electron chi connectivity index (χ2n) is 6.95. The summed E-state index contributed by atoms with van der Waals surface area (Å²) in [6, 6.07) is 5.53. The molecule has 0 aliphatic heterocycles. The molecule has 0 radical (unpaired) electrons. The first kappa shape index (κ1) is 18.5. The zero-order valence-corrected chi connectivity index (χ0v) is 15.8. The summed E-state index contributed by atoms with van der Waals surface area (Å²) >= 11 is 0. The number of hydrogen-bond donors (Lipinski definition) is 1. The maximum absolute atomic E-state index is 11.5. The molecule has 3 heteroatoms. The van der Waals surface area contributed by atoms with E-state index in [0.717, 1.165) is 5.56 Å². The van der Waals surface area contributed by atoms with E-state index in [9.17, 15) is 9.90 Å². The Morgan fingerprint density at radius 1 is 1.05 bits per heavy atom. The maximum atomic E-state index is 11.5. The predicted octanol–water partition coefficient (Wildman–Crippen LogP) is 5.26. The van der Waals surface area contributed by atoms with Gasteiger partial charge in [-0.15, -0.1) is 5.54 Å². The van der Waals surface area contributed by atoms with Gasteiger partial charge in [0.15, 0.2) is 0 Å². The SMILES string of the molecule is Cc1cccc(C#C[Si](C(C)C)(C(C)C)C(C)C)c1C(=O)O. The van der Waals surface area contributed by atoms with Crippen LogP contribution in [-0.4, -0.2) is 19.1 Å². The molecule has 0 heterocycles. The number of carbonyl (C=O) groups is 1. The van der Waals surface area contributed by atoms with Crippen molar-refractivity contribution in [2.24, 2.45) is 0 Å². The van der Waals surface area contributed by atoms with E-state index in [1.54, 1.807) is 0 Å². The van der Waals surface area contributed by atoms with E-state index in [-0.39, 0.29) is 0 Å². The van der Waals surface area contributed by atoms with E-state index in [4.69, 9.17) is 0 Å². The summed E-state index contributed by atoms with van der Waals surface area (Å²) in [4.78, 5) is 11.5. The highest BCUT2D eigenvalue weighted by Gasteiger charge is 2.41. The van der Waals surface area contributed by atoms with E-state index in [1.165, 1.54) is 0 Å².